The average Bonchev–Trinajstić information content (AvgIpc) is 3.42. The van der Waals surface area contributed by atoms with Crippen LogP contribution in [0.3, 0.4) is 0 Å². The fourth-order valence-corrected chi connectivity index (χ4v) is 12.0. The van der Waals surface area contributed by atoms with E-state index in [4.69, 9.17) is 20.9 Å². The molecule has 0 amide bonds. The van der Waals surface area contributed by atoms with Crippen LogP contribution >= 0.6 is 0 Å². The Hall–Kier alpha value is -1.97. The van der Waals surface area contributed by atoms with Crippen LogP contribution in [0.15, 0.2) is 18.0 Å². The Labute approximate surface area is 283 Å². The normalized spacial score (nSPS) is 45.0. The number of hydrogen-bond donors (Lipinski definition) is 3. The number of carboxylic acid groups (broad SMARTS) is 1. The van der Waals surface area contributed by atoms with Crippen LogP contribution in [-0.4, -0.2) is 57.3 Å². The Kier molecular flexibility index (Phi) is 8.37. The number of rotatable bonds is 8. The maximum Gasteiger partial charge on any atom is 0.307 e. The Balaban J connectivity index is 1.44. The van der Waals surface area contributed by atoms with Crippen LogP contribution in [-0.2, 0) is 14.3 Å². The molecule has 9 heteroatoms. The molecule has 2 bridgehead atoms. The van der Waals surface area contributed by atoms with Crippen molar-refractivity contribution in [3.05, 3.63) is 18.0 Å². The van der Waals surface area contributed by atoms with Gasteiger partial charge in [0.25, 0.3) is 0 Å². The summed E-state index contributed by atoms with van der Waals surface area (Å²) in [6.07, 6.45) is 9.81. The van der Waals surface area contributed by atoms with Gasteiger partial charge in [-0.1, -0.05) is 74.0 Å². The Morgan fingerprint density at radius 2 is 1.83 bits per heavy atom. The summed E-state index contributed by atoms with van der Waals surface area (Å²) >= 11 is 0. The predicted octanol–water partition coefficient (Wildman–Crippen LogP) is 6.75. The molecule has 4 fully saturated rings. The van der Waals surface area contributed by atoms with Gasteiger partial charge in [0, 0.05) is 16.4 Å². The maximum atomic E-state index is 13.4. The number of nitrogens with zero attached hydrogens (tertiary/aromatic N) is 3. The third-order valence-electron chi connectivity index (χ3n) is 15.8. The van der Waals surface area contributed by atoms with Gasteiger partial charge >= 0.3 is 5.97 Å². The lowest BCUT2D eigenvalue weighted by atomic mass is 9.34. The molecule has 0 radical (unpaired) electrons. The summed E-state index contributed by atoms with van der Waals surface area (Å²) in [6.45, 7) is 24.3. The van der Waals surface area contributed by atoms with Crippen molar-refractivity contribution >= 4 is 11.9 Å². The average molecular weight is 654 g/mol. The number of fused-ring (bicyclic) bond motifs is 3. The molecule has 2 heterocycles. The first kappa shape index (κ1) is 34.9. The van der Waals surface area contributed by atoms with Crippen molar-refractivity contribution in [2.24, 2.45) is 68.3 Å². The molecule has 5 N–H and O–H groups in total. The molecular weight excluding hydrogens is 590 g/mol. The van der Waals surface area contributed by atoms with Crippen LogP contribution in [0.2, 0.25) is 0 Å². The summed E-state index contributed by atoms with van der Waals surface area (Å²) < 4.78 is 15.6. The Morgan fingerprint density at radius 3 is 2.43 bits per heavy atom. The van der Waals surface area contributed by atoms with Crippen LogP contribution in [0.1, 0.15) is 114 Å². The first-order chi connectivity index (χ1) is 21.8. The van der Waals surface area contributed by atoms with E-state index in [1.165, 1.54) is 5.57 Å². The van der Waals surface area contributed by atoms with Crippen molar-refractivity contribution in [2.75, 3.05) is 25.6 Å². The van der Waals surface area contributed by atoms with E-state index in [-0.39, 0.29) is 51.1 Å². The molecule has 1 aromatic rings. The van der Waals surface area contributed by atoms with Crippen LogP contribution in [0.4, 0.5) is 5.95 Å². The van der Waals surface area contributed by atoms with Crippen LogP contribution < -0.4 is 11.5 Å². The molecule has 12 atom stereocenters. The zero-order chi connectivity index (χ0) is 34.5. The molecule has 0 aromatic carbocycles. The SMILES string of the molecule is CC(C)[C@@H](C)[C@@]1(C)CC[C@]2(C)[C@H]3CC[C@@H]4[C@@]5(COC[C@@]4(C)[C@@H](OC[C@](C)(N)C(C)C)[C@H](n4cnc(N)n4)C5)C3=CC[C@@]2(C)[C@@H]1C(=O)O. The molecule has 6 rings (SSSR count). The van der Waals surface area contributed by atoms with E-state index in [0.717, 1.165) is 38.5 Å². The first-order valence-electron chi connectivity index (χ1n) is 18.4. The lowest BCUT2D eigenvalue weighted by Crippen LogP contribution is -2.69. The minimum Gasteiger partial charge on any atom is -0.481 e. The van der Waals surface area contributed by atoms with Crippen LogP contribution in [0.25, 0.3) is 0 Å². The van der Waals surface area contributed by atoms with Gasteiger partial charge in [0.15, 0.2) is 0 Å². The molecule has 9 nitrogen and oxygen atoms in total. The third-order valence-corrected chi connectivity index (χ3v) is 15.8. The number of nitrogens with two attached hydrogens (primary N) is 2. The molecular formula is C38H63N5O4. The van der Waals surface area contributed by atoms with Crippen molar-refractivity contribution in [3.8, 4) is 0 Å². The molecule has 4 aliphatic carbocycles. The van der Waals surface area contributed by atoms with Gasteiger partial charge in [-0.05, 0) is 91.3 Å². The van der Waals surface area contributed by atoms with Gasteiger partial charge < -0.3 is 26.0 Å². The highest BCUT2D eigenvalue weighted by molar-refractivity contribution is 5.73. The molecule has 3 saturated carbocycles. The molecule has 1 saturated heterocycles. The Bertz CT molecular complexity index is 1410. The maximum absolute atomic E-state index is 13.4. The summed E-state index contributed by atoms with van der Waals surface area (Å²) in [5, 5.41) is 15.7. The minimum atomic E-state index is -0.625. The highest BCUT2D eigenvalue weighted by Gasteiger charge is 2.72. The van der Waals surface area contributed by atoms with E-state index in [2.05, 4.69) is 85.4 Å². The number of aliphatic carboxylic acids is 1. The minimum absolute atomic E-state index is 0.0815. The monoisotopic (exact) mass is 653 g/mol. The number of nitrogen functional groups attached to an aromatic ring is 1. The van der Waals surface area contributed by atoms with E-state index in [1.807, 2.05) is 4.68 Å². The number of carboxylic acids is 1. The largest absolute Gasteiger partial charge is 0.481 e. The molecule has 0 spiro atoms. The molecule has 47 heavy (non-hydrogen) atoms. The third kappa shape index (κ3) is 4.82. The number of carbonyl (C=O) groups is 1. The summed E-state index contributed by atoms with van der Waals surface area (Å²) in [6, 6.07) is -0.0815. The van der Waals surface area contributed by atoms with Crippen molar-refractivity contribution in [2.45, 2.75) is 125 Å². The van der Waals surface area contributed by atoms with Crippen LogP contribution in [0, 0.1) is 62.6 Å². The molecule has 5 aliphatic rings. The standard InChI is InChI=1S/C38H63N5O4/c1-22(2)24(5)33(6)15-16-35(8)25-11-12-28-34(7)18-46-20-38(28,26(25)13-14-36(35,9)29(33)31(44)45)17-27(43-21-41-32(39)42-43)30(34)47-19-37(10,40)23(3)4/h13,21-25,27-30H,11-12,14-20,40H2,1-10H3,(H2,39,42)(H,44,45)/t24-,25+,27-,28+,29-,30+,33-,34-,35-,36+,37+,38+/m1/s1. The second-order valence-corrected chi connectivity index (χ2v) is 18.6. The van der Waals surface area contributed by atoms with E-state index in [9.17, 15) is 9.90 Å². The highest BCUT2D eigenvalue weighted by Crippen LogP contribution is 2.75. The Morgan fingerprint density at radius 1 is 1.13 bits per heavy atom. The molecule has 264 valence electrons. The zero-order valence-corrected chi connectivity index (χ0v) is 30.8. The zero-order valence-electron chi connectivity index (χ0n) is 30.8. The second kappa shape index (κ2) is 11.3. The van der Waals surface area contributed by atoms with Gasteiger partial charge in [0.1, 0.15) is 6.33 Å². The van der Waals surface area contributed by atoms with E-state index in [0.29, 0.717) is 43.5 Å². The van der Waals surface area contributed by atoms with Gasteiger partial charge in [-0.3, -0.25) is 4.79 Å². The van der Waals surface area contributed by atoms with E-state index < -0.39 is 17.4 Å². The lowest BCUT2D eigenvalue weighted by Gasteiger charge is -2.71. The van der Waals surface area contributed by atoms with Gasteiger partial charge in [0.2, 0.25) is 5.95 Å². The van der Waals surface area contributed by atoms with Crippen LogP contribution in [0.5, 0.6) is 0 Å². The summed E-state index contributed by atoms with van der Waals surface area (Å²) in [7, 11) is 0. The van der Waals surface area contributed by atoms with E-state index >= 15 is 0 Å². The number of allylic oxidation sites excluding steroid dienone is 1. The lowest BCUT2D eigenvalue weighted by molar-refractivity contribution is -0.252. The van der Waals surface area contributed by atoms with Gasteiger partial charge in [-0.2, -0.15) is 0 Å². The fourth-order valence-electron chi connectivity index (χ4n) is 12.0. The topological polar surface area (TPSA) is 139 Å². The smallest absolute Gasteiger partial charge is 0.307 e. The van der Waals surface area contributed by atoms with E-state index in [1.54, 1.807) is 6.33 Å². The van der Waals surface area contributed by atoms with Crippen molar-refractivity contribution < 1.29 is 19.4 Å². The van der Waals surface area contributed by atoms with Gasteiger partial charge in [-0.25, -0.2) is 9.67 Å². The number of ether oxygens (including phenoxy) is 2. The summed E-state index contributed by atoms with van der Waals surface area (Å²) in [5.74, 6) is 0.903. The second-order valence-electron chi connectivity index (χ2n) is 18.6. The van der Waals surface area contributed by atoms with Gasteiger partial charge in [0.05, 0.1) is 37.9 Å². The quantitative estimate of drug-likeness (QED) is 0.262. The predicted molar refractivity (Wildman–Crippen MR) is 184 cm³/mol. The summed E-state index contributed by atoms with van der Waals surface area (Å²) in [4.78, 5) is 17.8. The number of anilines is 1. The first-order valence-corrected chi connectivity index (χ1v) is 18.4. The number of aromatic nitrogens is 3. The van der Waals surface area contributed by atoms with Crippen molar-refractivity contribution in [1.29, 1.82) is 0 Å². The number of hydrogen-bond acceptors (Lipinski definition) is 7. The van der Waals surface area contributed by atoms with Crippen molar-refractivity contribution in [1.82, 2.24) is 14.8 Å². The highest BCUT2D eigenvalue weighted by atomic mass is 16.5. The van der Waals surface area contributed by atoms with Crippen molar-refractivity contribution in [3.63, 3.8) is 0 Å². The van der Waals surface area contributed by atoms with Gasteiger partial charge in [-0.15, -0.1) is 5.10 Å². The summed E-state index contributed by atoms with van der Waals surface area (Å²) in [5.41, 5.74) is 12.7. The molecule has 1 aliphatic heterocycles. The fraction of sp³-hybridized carbons (Fsp3) is 0.868. The molecule has 0 unspecified atom stereocenters. The molecule has 1 aromatic heterocycles.